The SMILES string of the molecule is CCOCC(=O)N1CCN(c2cc(C3CC3)c3c(c2C#N)CC(C)(C)OC3)CC1C(C)C. The number of ether oxygens (including phenoxy) is 2. The van der Waals surface area contributed by atoms with Gasteiger partial charge < -0.3 is 19.3 Å². The van der Waals surface area contributed by atoms with Gasteiger partial charge in [0.1, 0.15) is 12.7 Å². The van der Waals surface area contributed by atoms with E-state index in [1.165, 1.54) is 29.5 Å². The van der Waals surface area contributed by atoms with Crippen molar-refractivity contribution in [3.05, 3.63) is 28.3 Å². The molecule has 1 unspecified atom stereocenters. The molecular formula is C26H37N3O3. The van der Waals surface area contributed by atoms with E-state index in [1.807, 2.05) is 11.8 Å². The summed E-state index contributed by atoms with van der Waals surface area (Å²) < 4.78 is 11.5. The zero-order chi connectivity index (χ0) is 23.0. The van der Waals surface area contributed by atoms with Crippen LogP contribution in [0.4, 0.5) is 5.69 Å². The largest absolute Gasteiger partial charge is 0.372 e. The maximum absolute atomic E-state index is 12.8. The summed E-state index contributed by atoms with van der Waals surface area (Å²) in [4.78, 5) is 17.1. The van der Waals surface area contributed by atoms with E-state index in [-0.39, 0.29) is 24.2 Å². The van der Waals surface area contributed by atoms with Crippen LogP contribution < -0.4 is 4.90 Å². The van der Waals surface area contributed by atoms with Gasteiger partial charge >= 0.3 is 0 Å². The fraction of sp³-hybridized carbons (Fsp3) is 0.692. The van der Waals surface area contributed by atoms with E-state index in [2.05, 4.69) is 44.7 Å². The number of hydrogen-bond acceptors (Lipinski definition) is 5. The number of fused-ring (bicyclic) bond motifs is 1. The molecule has 0 aromatic heterocycles. The van der Waals surface area contributed by atoms with Gasteiger partial charge in [0, 0.05) is 32.7 Å². The first-order valence-corrected chi connectivity index (χ1v) is 12.1. The summed E-state index contributed by atoms with van der Waals surface area (Å²) in [5, 5.41) is 10.2. The Morgan fingerprint density at radius 2 is 2.06 bits per heavy atom. The van der Waals surface area contributed by atoms with E-state index in [9.17, 15) is 10.1 Å². The van der Waals surface area contributed by atoms with Crippen LogP contribution in [0, 0.1) is 17.2 Å². The van der Waals surface area contributed by atoms with Crippen LogP contribution in [0.25, 0.3) is 0 Å². The summed E-state index contributed by atoms with van der Waals surface area (Å²) in [7, 11) is 0. The molecule has 1 saturated heterocycles. The van der Waals surface area contributed by atoms with Crippen LogP contribution in [0.5, 0.6) is 0 Å². The first-order valence-electron chi connectivity index (χ1n) is 12.1. The number of nitrogens with zero attached hydrogens (tertiary/aromatic N) is 3. The summed E-state index contributed by atoms with van der Waals surface area (Å²) in [6.07, 6.45) is 3.20. The van der Waals surface area contributed by atoms with Crippen molar-refractivity contribution in [3.8, 4) is 6.07 Å². The van der Waals surface area contributed by atoms with Crippen LogP contribution in [0.1, 0.15) is 75.6 Å². The fourth-order valence-corrected chi connectivity index (χ4v) is 5.21. The Morgan fingerprint density at radius 1 is 1.31 bits per heavy atom. The molecule has 4 rings (SSSR count). The van der Waals surface area contributed by atoms with Crippen LogP contribution in [-0.4, -0.2) is 55.3 Å². The first-order chi connectivity index (χ1) is 15.3. The predicted molar refractivity (Wildman–Crippen MR) is 125 cm³/mol. The number of hydrogen-bond donors (Lipinski definition) is 0. The molecule has 1 atom stereocenters. The molecular weight excluding hydrogens is 402 g/mol. The number of rotatable bonds is 6. The van der Waals surface area contributed by atoms with Gasteiger partial charge in [-0.25, -0.2) is 0 Å². The van der Waals surface area contributed by atoms with E-state index in [0.717, 1.165) is 30.8 Å². The van der Waals surface area contributed by atoms with Crippen LogP contribution in [-0.2, 0) is 27.3 Å². The third kappa shape index (κ3) is 4.51. The van der Waals surface area contributed by atoms with Gasteiger partial charge in [0.25, 0.3) is 0 Å². The molecule has 0 N–H and O–H groups in total. The van der Waals surface area contributed by atoms with Crippen molar-refractivity contribution in [2.75, 3.05) is 37.7 Å². The summed E-state index contributed by atoms with van der Waals surface area (Å²) in [5.41, 5.74) is 5.39. The number of piperazine rings is 1. The van der Waals surface area contributed by atoms with Gasteiger partial charge in [-0.3, -0.25) is 4.79 Å². The number of benzene rings is 1. The van der Waals surface area contributed by atoms with E-state index < -0.39 is 0 Å². The quantitative estimate of drug-likeness (QED) is 0.670. The Balaban J connectivity index is 1.68. The van der Waals surface area contributed by atoms with Crippen LogP contribution in [0.2, 0.25) is 0 Å². The smallest absolute Gasteiger partial charge is 0.248 e. The highest BCUT2D eigenvalue weighted by molar-refractivity contribution is 5.78. The first kappa shape index (κ1) is 23.1. The highest BCUT2D eigenvalue weighted by Gasteiger charge is 2.38. The summed E-state index contributed by atoms with van der Waals surface area (Å²) in [6.45, 7) is 13.9. The third-order valence-corrected chi connectivity index (χ3v) is 7.18. The minimum atomic E-state index is -0.261. The van der Waals surface area contributed by atoms with Crippen LogP contribution >= 0.6 is 0 Å². The Hall–Kier alpha value is -2.10. The van der Waals surface area contributed by atoms with E-state index in [0.29, 0.717) is 31.6 Å². The summed E-state index contributed by atoms with van der Waals surface area (Å²) in [6, 6.07) is 4.92. The zero-order valence-electron chi connectivity index (χ0n) is 20.2. The number of amides is 1. The fourth-order valence-electron chi connectivity index (χ4n) is 5.21. The maximum Gasteiger partial charge on any atom is 0.248 e. The van der Waals surface area contributed by atoms with E-state index in [1.54, 1.807) is 0 Å². The van der Waals surface area contributed by atoms with Crippen LogP contribution in [0.15, 0.2) is 6.07 Å². The topological polar surface area (TPSA) is 65.8 Å². The molecule has 2 aliphatic heterocycles. The normalized spacial score (nSPS) is 22.6. The second kappa shape index (κ2) is 9.03. The minimum absolute atomic E-state index is 0.0636. The molecule has 6 nitrogen and oxygen atoms in total. The van der Waals surface area contributed by atoms with Crippen LogP contribution in [0.3, 0.4) is 0 Å². The molecule has 0 spiro atoms. The lowest BCUT2D eigenvalue weighted by Crippen LogP contribution is -2.58. The molecule has 3 aliphatic rings. The summed E-state index contributed by atoms with van der Waals surface area (Å²) >= 11 is 0. The number of carbonyl (C=O) groups is 1. The molecule has 2 fully saturated rings. The Morgan fingerprint density at radius 3 is 2.69 bits per heavy atom. The second-order valence-corrected chi connectivity index (χ2v) is 10.4. The molecule has 32 heavy (non-hydrogen) atoms. The molecule has 2 heterocycles. The lowest BCUT2D eigenvalue weighted by atomic mass is 9.83. The Bertz CT molecular complexity index is 914. The Labute approximate surface area is 192 Å². The molecule has 1 aromatic rings. The van der Waals surface area contributed by atoms with Crippen molar-refractivity contribution in [1.82, 2.24) is 4.90 Å². The standard InChI is InChI=1S/C26H37N3O3/c1-6-31-16-25(30)29-10-9-28(14-24(29)17(2)3)23-11-19(18-7-8-18)22-15-32-26(4,5)12-20(22)21(23)13-27/h11,17-18,24H,6-10,12,14-16H2,1-5H3. The number of carbonyl (C=O) groups excluding carboxylic acids is 1. The van der Waals surface area contributed by atoms with Gasteiger partial charge in [0.15, 0.2) is 0 Å². The number of nitriles is 1. The van der Waals surface area contributed by atoms with Gasteiger partial charge in [0.05, 0.1) is 29.5 Å². The van der Waals surface area contributed by atoms with Gasteiger partial charge in [-0.15, -0.1) is 0 Å². The van der Waals surface area contributed by atoms with Crippen molar-refractivity contribution in [2.24, 2.45) is 5.92 Å². The molecule has 1 saturated carbocycles. The van der Waals surface area contributed by atoms with Crippen molar-refractivity contribution in [3.63, 3.8) is 0 Å². The minimum Gasteiger partial charge on any atom is -0.372 e. The van der Waals surface area contributed by atoms with Crippen molar-refractivity contribution >= 4 is 11.6 Å². The van der Waals surface area contributed by atoms with Crippen molar-refractivity contribution < 1.29 is 14.3 Å². The molecule has 0 radical (unpaired) electrons. The Kier molecular flexibility index (Phi) is 6.51. The van der Waals surface area contributed by atoms with Gasteiger partial charge in [0.2, 0.25) is 5.91 Å². The molecule has 1 aromatic carbocycles. The average Bonchev–Trinajstić information content (AvgIpc) is 3.60. The second-order valence-electron chi connectivity index (χ2n) is 10.4. The monoisotopic (exact) mass is 439 g/mol. The third-order valence-electron chi connectivity index (χ3n) is 7.18. The molecule has 174 valence electrons. The van der Waals surface area contributed by atoms with E-state index >= 15 is 0 Å². The average molecular weight is 440 g/mol. The molecule has 6 heteroatoms. The summed E-state index contributed by atoms with van der Waals surface area (Å²) in [5.74, 6) is 0.977. The molecule has 0 bridgehead atoms. The lowest BCUT2D eigenvalue weighted by Gasteiger charge is -2.45. The zero-order valence-corrected chi connectivity index (χ0v) is 20.2. The van der Waals surface area contributed by atoms with E-state index in [4.69, 9.17) is 9.47 Å². The lowest BCUT2D eigenvalue weighted by molar-refractivity contribution is -0.139. The van der Waals surface area contributed by atoms with Gasteiger partial charge in [-0.05, 0) is 68.2 Å². The number of anilines is 1. The molecule has 1 aliphatic carbocycles. The van der Waals surface area contributed by atoms with Gasteiger partial charge in [-0.2, -0.15) is 5.26 Å². The highest BCUT2D eigenvalue weighted by Crippen LogP contribution is 2.47. The maximum atomic E-state index is 12.8. The van der Waals surface area contributed by atoms with Crippen molar-refractivity contribution in [2.45, 2.75) is 78.0 Å². The highest BCUT2D eigenvalue weighted by atomic mass is 16.5. The predicted octanol–water partition coefficient (Wildman–Crippen LogP) is 4.00. The van der Waals surface area contributed by atoms with Gasteiger partial charge in [-0.1, -0.05) is 13.8 Å². The molecule has 1 amide bonds. The van der Waals surface area contributed by atoms with Crippen molar-refractivity contribution in [1.29, 1.82) is 5.26 Å².